The summed E-state index contributed by atoms with van der Waals surface area (Å²) in [4.78, 5) is 0. The highest BCUT2D eigenvalue weighted by Gasteiger charge is 2.40. The Balaban J connectivity index is 1.88. The highest BCUT2D eigenvalue weighted by molar-refractivity contribution is 5.37. The molecule has 10 heteroatoms. The van der Waals surface area contributed by atoms with Crippen molar-refractivity contribution in [3.05, 3.63) is 70.5 Å². The fourth-order valence-corrected chi connectivity index (χ4v) is 3.25. The monoisotopic (exact) mass is 437 g/mol. The van der Waals surface area contributed by atoms with Crippen LogP contribution in [-0.4, -0.2) is 19.4 Å². The van der Waals surface area contributed by atoms with Crippen molar-refractivity contribution in [1.82, 2.24) is 5.32 Å². The van der Waals surface area contributed by atoms with E-state index in [1.165, 1.54) is 31.2 Å². The fourth-order valence-electron chi connectivity index (χ4n) is 3.25. The zero-order valence-corrected chi connectivity index (χ0v) is 15.6. The van der Waals surface area contributed by atoms with Gasteiger partial charge >= 0.3 is 12.4 Å². The van der Waals surface area contributed by atoms with Crippen molar-refractivity contribution in [3.63, 3.8) is 0 Å². The molecule has 0 amide bonds. The molecule has 2 aromatic carbocycles. The van der Waals surface area contributed by atoms with E-state index in [2.05, 4.69) is 5.32 Å². The van der Waals surface area contributed by atoms with E-state index in [1.54, 1.807) is 0 Å². The van der Waals surface area contributed by atoms with E-state index in [9.17, 15) is 30.7 Å². The molecule has 1 aliphatic rings. The van der Waals surface area contributed by atoms with E-state index in [-0.39, 0.29) is 12.7 Å². The minimum absolute atomic E-state index is 0.0760. The van der Waals surface area contributed by atoms with Gasteiger partial charge in [0.2, 0.25) is 0 Å². The van der Waals surface area contributed by atoms with Crippen LogP contribution in [0.2, 0.25) is 0 Å². The molecule has 1 saturated heterocycles. The summed E-state index contributed by atoms with van der Waals surface area (Å²) in [6, 6.07) is 6.26. The minimum Gasteiger partial charge on any atom is -0.349 e. The van der Waals surface area contributed by atoms with Crippen molar-refractivity contribution < 1.29 is 40.2 Å². The van der Waals surface area contributed by atoms with E-state index < -0.39 is 53.3 Å². The number of rotatable bonds is 4. The summed E-state index contributed by atoms with van der Waals surface area (Å²) in [6.45, 7) is 1.95. The number of hydrogen-bond acceptors (Lipinski definition) is 3. The molecular weight excluding hydrogens is 419 g/mol. The highest BCUT2D eigenvalue weighted by atomic mass is 19.4. The van der Waals surface area contributed by atoms with Gasteiger partial charge in [-0.15, -0.1) is 0 Å². The Bertz CT molecular complexity index is 865. The lowest BCUT2D eigenvalue weighted by Crippen LogP contribution is -2.43. The molecule has 0 radical (unpaired) electrons. The number of benzene rings is 2. The lowest BCUT2D eigenvalue weighted by Gasteiger charge is -2.35. The average molecular weight is 437 g/mol. The smallest absolute Gasteiger partial charge is 0.349 e. The molecule has 3 atom stereocenters. The second-order valence-electron chi connectivity index (χ2n) is 6.80. The van der Waals surface area contributed by atoms with Crippen LogP contribution in [-0.2, 0) is 21.8 Å². The molecule has 0 aliphatic carbocycles. The molecule has 0 spiro atoms. The summed E-state index contributed by atoms with van der Waals surface area (Å²) >= 11 is 0. The predicted octanol–water partition coefficient (Wildman–Crippen LogP) is 5.63. The summed E-state index contributed by atoms with van der Waals surface area (Å²) in [7, 11) is 0. The van der Waals surface area contributed by atoms with Gasteiger partial charge in [0.1, 0.15) is 5.82 Å². The summed E-state index contributed by atoms with van der Waals surface area (Å²) in [5.41, 5.74) is -2.67. The number of alkyl halides is 6. The normalized spacial score (nSPS) is 21.5. The second-order valence-corrected chi connectivity index (χ2v) is 6.80. The molecule has 3 unspecified atom stereocenters. The van der Waals surface area contributed by atoms with Crippen LogP contribution in [0.25, 0.3) is 0 Å². The van der Waals surface area contributed by atoms with Gasteiger partial charge in [-0.05, 0) is 42.3 Å². The lowest BCUT2D eigenvalue weighted by atomic mass is 9.99. The Morgan fingerprint density at radius 2 is 1.67 bits per heavy atom. The molecule has 30 heavy (non-hydrogen) atoms. The quantitative estimate of drug-likeness (QED) is 0.630. The standard InChI is InChI=1S/C20H18F7NO2/c1-11(15-7-4-13(19(22,23)24)10-16(15)20(25,26)27)30-18-17(28-8-9-29-18)12-2-5-14(21)6-3-12/h2-7,10-11,17-18,28H,8-9H2,1H3. The van der Waals surface area contributed by atoms with E-state index in [0.717, 1.165) is 6.07 Å². The highest BCUT2D eigenvalue weighted by Crippen LogP contribution is 2.40. The SMILES string of the molecule is CC(OC1OCCNC1c1ccc(F)cc1)c1ccc(C(F)(F)F)cc1C(F)(F)F. The first kappa shape index (κ1) is 22.5. The summed E-state index contributed by atoms with van der Waals surface area (Å²) < 4.78 is 103. The number of morpholine rings is 1. The largest absolute Gasteiger partial charge is 0.416 e. The number of nitrogens with one attached hydrogen (secondary N) is 1. The molecule has 1 fully saturated rings. The molecule has 3 nitrogen and oxygen atoms in total. The van der Waals surface area contributed by atoms with E-state index in [0.29, 0.717) is 18.2 Å². The van der Waals surface area contributed by atoms with Gasteiger partial charge in [0.25, 0.3) is 0 Å². The minimum atomic E-state index is -5.00. The van der Waals surface area contributed by atoms with Crippen molar-refractivity contribution >= 4 is 0 Å². The third-order valence-corrected chi connectivity index (χ3v) is 4.71. The number of ether oxygens (including phenoxy) is 2. The van der Waals surface area contributed by atoms with Crippen LogP contribution in [0.5, 0.6) is 0 Å². The Hall–Kier alpha value is -2.17. The second kappa shape index (κ2) is 8.52. The maximum Gasteiger partial charge on any atom is 0.416 e. The van der Waals surface area contributed by atoms with Gasteiger partial charge in [0.05, 0.1) is 29.9 Å². The topological polar surface area (TPSA) is 30.5 Å². The molecule has 1 aliphatic heterocycles. The maximum atomic E-state index is 13.4. The lowest BCUT2D eigenvalue weighted by molar-refractivity contribution is -0.202. The van der Waals surface area contributed by atoms with E-state index in [1.807, 2.05) is 0 Å². The van der Waals surface area contributed by atoms with Gasteiger partial charge < -0.3 is 14.8 Å². The van der Waals surface area contributed by atoms with Crippen LogP contribution in [0.15, 0.2) is 42.5 Å². The number of hydrogen-bond donors (Lipinski definition) is 1. The molecule has 1 heterocycles. The third-order valence-electron chi connectivity index (χ3n) is 4.71. The Kier molecular flexibility index (Phi) is 6.40. The third kappa shape index (κ3) is 5.11. The molecule has 164 valence electrons. The zero-order chi connectivity index (χ0) is 22.1. The first-order valence-corrected chi connectivity index (χ1v) is 9.01. The van der Waals surface area contributed by atoms with E-state index >= 15 is 0 Å². The van der Waals surface area contributed by atoms with Gasteiger partial charge in [-0.1, -0.05) is 18.2 Å². The summed E-state index contributed by atoms with van der Waals surface area (Å²) in [5, 5.41) is 3.09. The fraction of sp³-hybridized carbons (Fsp3) is 0.400. The van der Waals surface area contributed by atoms with Crippen molar-refractivity contribution in [3.8, 4) is 0 Å². The Labute approximate surface area is 167 Å². The van der Waals surface area contributed by atoms with E-state index in [4.69, 9.17) is 9.47 Å². The first-order valence-electron chi connectivity index (χ1n) is 9.01. The van der Waals surface area contributed by atoms with Gasteiger partial charge in [-0.2, -0.15) is 26.3 Å². The molecule has 2 aromatic rings. The number of halogens is 7. The van der Waals surface area contributed by atoms with Gasteiger partial charge in [-0.25, -0.2) is 4.39 Å². The zero-order valence-electron chi connectivity index (χ0n) is 15.6. The van der Waals surface area contributed by atoms with Crippen LogP contribution in [0.3, 0.4) is 0 Å². The first-order chi connectivity index (χ1) is 14.0. The molecule has 0 bridgehead atoms. The van der Waals surface area contributed by atoms with Gasteiger partial charge in [0, 0.05) is 6.54 Å². The summed E-state index contributed by atoms with van der Waals surface area (Å²) in [5.74, 6) is -0.458. The predicted molar refractivity (Wildman–Crippen MR) is 92.8 cm³/mol. The Morgan fingerprint density at radius 3 is 2.27 bits per heavy atom. The maximum absolute atomic E-state index is 13.4. The molecule has 1 N–H and O–H groups in total. The van der Waals surface area contributed by atoms with Crippen molar-refractivity contribution in [2.24, 2.45) is 0 Å². The van der Waals surface area contributed by atoms with Crippen LogP contribution in [0.1, 0.15) is 41.3 Å². The Morgan fingerprint density at radius 1 is 1.00 bits per heavy atom. The van der Waals surface area contributed by atoms with Crippen LogP contribution in [0, 0.1) is 5.82 Å². The van der Waals surface area contributed by atoms with Crippen LogP contribution < -0.4 is 5.32 Å². The van der Waals surface area contributed by atoms with Gasteiger partial charge in [0.15, 0.2) is 6.29 Å². The van der Waals surface area contributed by atoms with Crippen LogP contribution in [0.4, 0.5) is 30.7 Å². The van der Waals surface area contributed by atoms with Crippen molar-refractivity contribution in [2.75, 3.05) is 13.2 Å². The van der Waals surface area contributed by atoms with Crippen molar-refractivity contribution in [2.45, 2.75) is 37.7 Å². The summed E-state index contributed by atoms with van der Waals surface area (Å²) in [6.07, 6.45) is -12.2. The average Bonchev–Trinajstić information content (AvgIpc) is 2.67. The molecule has 0 aromatic heterocycles. The van der Waals surface area contributed by atoms with Crippen LogP contribution >= 0.6 is 0 Å². The van der Waals surface area contributed by atoms with Gasteiger partial charge in [-0.3, -0.25) is 0 Å². The van der Waals surface area contributed by atoms with Crippen molar-refractivity contribution in [1.29, 1.82) is 0 Å². The molecule has 0 saturated carbocycles. The molecule has 3 rings (SSSR count). The molecular formula is C20H18F7NO2.